The number of aromatic carboxylic acids is 1. The van der Waals surface area contributed by atoms with Crippen LogP contribution in [0.4, 0.5) is 5.82 Å². The molecule has 6 heteroatoms. The number of carbonyl (C=O) groups excluding carboxylic acids is 1. The molecule has 0 amide bonds. The van der Waals surface area contributed by atoms with Crippen molar-refractivity contribution in [3.8, 4) is 0 Å². The third-order valence-corrected chi connectivity index (χ3v) is 2.58. The van der Waals surface area contributed by atoms with Crippen LogP contribution in [0, 0.1) is 0 Å². The molecule has 86 valence electrons. The first kappa shape index (κ1) is 11.2. The van der Waals surface area contributed by atoms with Gasteiger partial charge in [0.05, 0.1) is 19.2 Å². The van der Waals surface area contributed by atoms with E-state index in [1.807, 2.05) is 4.90 Å². The molecule has 1 aromatic heterocycles. The highest BCUT2D eigenvalue weighted by Crippen LogP contribution is 2.21. The summed E-state index contributed by atoms with van der Waals surface area (Å²) in [6.07, 6.45) is 0. The normalized spacial score (nSPS) is 16.2. The van der Waals surface area contributed by atoms with Crippen LogP contribution in [0.3, 0.4) is 0 Å². The lowest BCUT2D eigenvalue weighted by atomic mass is 10.2. The summed E-state index contributed by atoms with van der Waals surface area (Å²) in [5.41, 5.74) is 0.0614. The number of hydrogen-bond acceptors (Lipinski definition) is 5. The zero-order chi connectivity index (χ0) is 11.5. The van der Waals surface area contributed by atoms with Gasteiger partial charge in [0.2, 0.25) is 0 Å². The molecular weight excluding hydrogens is 232 g/mol. The minimum Gasteiger partial charge on any atom is -0.545 e. The third-order valence-electron chi connectivity index (χ3n) is 2.37. The number of pyridine rings is 1. The Hall–Kier alpha value is -1.33. The molecule has 1 fully saturated rings. The Morgan fingerprint density at radius 1 is 1.44 bits per heavy atom. The summed E-state index contributed by atoms with van der Waals surface area (Å²) in [6.45, 7) is 2.32. The van der Waals surface area contributed by atoms with E-state index in [-0.39, 0.29) is 10.7 Å². The maximum absolute atomic E-state index is 10.9. The fourth-order valence-corrected chi connectivity index (χ4v) is 1.74. The second kappa shape index (κ2) is 4.67. The summed E-state index contributed by atoms with van der Waals surface area (Å²) in [4.78, 5) is 16.8. The van der Waals surface area contributed by atoms with Crippen molar-refractivity contribution in [2.24, 2.45) is 0 Å². The molecule has 5 nitrogen and oxygen atoms in total. The summed E-state index contributed by atoms with van der Waals surface area (Å²) in [6, 6.07) is 2.85. The van der Waals surface area contributed by atoms with Gasteiger partial charge in [0.25, 0.3) is 0 Å². The van der Waals surface area contributed by atoms with Crippen molar-refractivity contribution >= 4 is 23.4 Å². The number of halogens is 1. The van der Waals surface area contributed by atoms with Crippen LogP contribution in [0.5, 0.6) is 0 Å². The topological polar surface area (TPSA) is 65.5 Å². The van der Waals surface area contributed by atoms with Crippen molar-refractivity contribution in [2.45, 2.75) is 0 Å². The van der Waals surface area contributed by atoms with E-state index in [2.05, 4.69) is 4.98 Å². The predicted molar refractivity (Wildman–Crippen MR) is 56.6 cm³/mol. The third kappa shape index (κ3) is 2.25. The molecule has 0 aliphatic carbocycles. The van der Waals surface area contributed by atoms with Gasteiger partial charge in [-0.25, -0.2) is 4.98 Å². The highest BCUT2D eigenvalue weighted by atomic mass is 35.5. The van der Waals surface area contributed by atoms with Gasteiger partial charge < -0.3 is 19.5 Å². The number of ether oxygens (including phenoxy) is 1. The summed E-state index contributed by atoms with van der Waals surface area (Å²) in [5.74, 6) is -0.888. The zero-order valence-electron chi connectivity index (χ0n) is 8.48. The van der Waals surface area contributed by atoms with Crippen LogP contribution < -0.4 is 10.0 Å². The maximum Gasteiger partial charge on any atom is 0.139 e. The predicted octanol–water partition coefficient (Wildman–Crippen LogP) is -0.0649. The second-order valence-corrected chi connectivity index (χ2v) is 3.78. The molecule has 0 aromatic carbocycles. The minimum absolute atomic E-state index is 0.0614. The van der Waals surface area contributed by atoms with E-state index in [1.165, 1.54) is 12.1 Å². The first-order valence-electron chi connectivity index (χ1n) is 4.89. The molecule has 16 heavy (non-hydrogen) atoms. The van der Waals surface area contributed by atoms with E-state index in [4.69, 9.17) is 16.3 Å². The average Bonchev–Trinajstić information content (AvgIpc) is 2.29. The van der Waals surface area contributed by atoms with Crippen molar-refractivity contribution in [1.82, 2.24) is 4.98 Å². The highest BCUT2D eigenvalue weighted by Gasteiger charge is 2.17. The smallest absolute Gasteiger partial charge is 0.139 e. The zero-order valence-corrected chi connectivity index (χ0v) is 9.24. The fourth-order valence-electron chi connectivity index (χ4n) is 1.60. The molecule has 0 bridgehead atoms. The Balaban J connectivity index is 2.36. The summed E-state index contributed by atoms with van der Waals surface area (Å²) < 4.78 is 5.19. The van der Waals surface area contributed by atoms with Gasteiger partial charge in [-0.1, -0.05) is 11.6 Å². The van der Waals surface area contributed by atoms with Gasteiger partial charge in [-0.3, -0.25) is 0 Å². The Bertz CT molecular complexity index is 405. The van der Waals surface area contributed by atoms with E-state index in [1.54, 1.807) is 0 Å². The summed E-state index contributed by atoms with van der Waals surface area (Å²) in [5, 5.41) is 11.2. The highest BCUT2D eigenvalue weighted by molar-refractivity contribution is 6.29. The van der Waals surface area contributed by atoms with Crippen molar-refractivity contribution in [1.29, 1.82) is 0 Å². The van der Waals surface area contributed by atoms with Crippen LogP contribution in [0.15, 0.2) is 12.1 Å². The molecule has 1 aromatic rings. The Morgan fingerprint density at radius 2 is 2.12 bits per heavy atom. The lowest BCUT2D eigenvalue weighted by Crippen LogP contribution is -2.38. The van der Waals surface area contributed by atoms with E-state index in [0.29, 0.717) is 32.1 Å². The van der Waals surface area contributed by atoms with Gasteiger partial charge in [-0.05, 0) is 12.1 Å². The summed E-state index contributed by atoms with van der Waals surface area (Å²) >= 11 is 5.76. The van der Waals surface area contributed by atoms with E-state index in [9.17, 15) is 9.90 Å². The molecule has 0 unspecified atom stereocenters. The molecule has 0 atom stereocenters. The molecule has 0 N–H and O–H groups in total. The number of nitrogens with zero attached hydrogens (tertiary/aromatic N) is 2. The lowest BCUT2D eigenvalue weighted by molar-refractivity contribution is -0.255. The van der Waals surface area contributed by atoms with Crippen molar-refractivity contribution in [3.63, 3.8) is 0 Å². The molecule has 0 saturated carbocycles. The van der Waals surface area contributed by atoms with Crippen LogP contribution in [-0.4, -0.2) is 37.3 Å². The van der Waals surface area contributed by atoms with Crippen molar-refractivity contribution < 1.29 is 14.6 Å². The lowest BCUT2D eigenvalue weighted by Gasteiger charge is -2.29. The van der Waals surface area contributed by atoms with Crippen LogP contribution in [0.1, 0.15) is 10.4 Å². The van der Waals surface area contributed by atoms with Crippen molar-refractivity contribution in [2.75, 3.05) is 31.2 Å². The van der Waals surface area contributed by atoms with E-state index in [0.717, 1.165) is 0 Å². The first-order chi connectivity index (χ1) is 7.68. The number of hydrogen-bond donors (Lipinski definition) is 0. The van der Waals surface area contributed by atoms with Gasteiger partial charge in [0.1, 0.15) is 11.0 Å². The molecule has 1 aliphatic rings. The SMILES string of the molecule is O=C([O-])c1ccc(Cl)nc1N1CCOCC1. The number of carboxylic acids is 1. The van der Waals surface area contributed by atoms with Crippen LogP contribution in [-0.2, 0) is 4.74 Å². The summed E-state index contributed by atoms with van der Waals surface area (Å²) in [7, 11) is 0. The largest absolute Gasteiger partial charge is 0.545 e. The second-order valence-electron chi connectivity index (χ2n) is 3.39. The number of anilines is 1. The number of carboxylic acid groups (broad SMARTS) is 1. The molecule has 1 saturated heterocycles. The first-order valence-corrected chi connectivity index (χ1v) is 5.27. The number of rotatable bonds is 2. The number of carbonyl (C=O) groups is 1. The molecular formula is C10H10ClN2O3-. The van der Waals surface area contributed by atoms with Crippen LogP contribution in [0.25, 0.3) is 0 Å². The quantitative estimate of drug-likeness (QED) is 0.679. The maximum atomic E-state index is 10.9. The standard InChI is InChI=1S/C10H11ClN2O3/c11-8-2-1-7(10(14)15)9(12-8)13-3-5-16-6-4-13/h1-2H,3-6H2,(H,14,15)/p-1. The van der Waals surface area contributed by atoms with Gasteiger partial charge in [0, 0.05) is 18.7 Å². The Labute approximate surface area is 97.6 Å². The van der Waals surface area contributed by atoms with Gasteiger partial charge >= 0.3 is 0 Å². The van der Waals surface area contributed by atoms with E-state index < -0.39 is 5.97 Å². The van der Waals surface area contributed by atoms with Gasteiger partial charge in [-0.2, -0.15) is 0 Å². The van der Waals surface area contributed by atoms with Gasteiger partial charge in [-0.15, -0.1) is 0 Å². The van der Waals surface area contributed by atoms with Crippen LogP contribution >= 0.6 is 11.6 Å². The fraction of sp³-hybridized carbons (Fsp3) is 0.400. The molecule has 2 rings (SSSR count). The average molecular weight is 242 g/mol. The molecule has 0 radical (unpaired) electrons. The Morgan fingerprint density at radius 3 is 2.75 bits per heavy atom. The van der Waals surface area contributed by atoms with Crippen LogP contribution in [0.2, 0.25) is 5.15 Å². The number of morpholine rings is 1. The Kier molecular flexibility index (Phi) is 3.26. The van der Waals surface area contributed by atoms with Crippen molar-refractivity contribution in [3.05, 3.63) is 22.8 Å². The molecule has 1 aliphatic heterocycles. The van der Waals surface area contributed by atoms with E-state index >= 15 is 0 Å². The molecule has 2 heterocycles. The minimum atomic E-state index is -1.24. The monoisotopic (exact) mass is 241 g/mol. The molecule has 0 spiro atoms. The number of aromatic nitrogens is 1. The van der Waals surface area contributed by atoms with Gasteiger partial charge in [0.15, 0.2) is 0 Å².